The predicted octanol–water partition coefficient (Wildman–Crippen LogP) is 2.30. The van der Waals surface area contributed by atoms with Gasteiger partial charge < -0.3 is 5.11 Å². The summed E-state index contributed by atoms with van der Waals surface area (Å²) in [5, 5.41) is 9.38. The molecule has 0 aromatic heterocycles. The molecule has 0 spiro atoms. The fourth-order valence-electron chi connectivity index (χ4n) is 1.53. The van der Waals surface area contributed by atoms with Crippen LogP contribution in [0, 0.1) is 0 Å². The second kappa shape index (κ2) is 3.05. The Balaban J connectivity index is 0.000000605. The third-order valence-electron chi connectivity index (χ3n) is 2.10. The van der Waals surface area contributed by atoms with Crippen LogP contribution in [0.1, 0.15) is 31.1 Å². The maximum absolute atomic E-state index is 9.38. The highest BCUT2D eigenvalue weighted by molar-refractivity contribution is 5.32. The summed E-state index contributed by atoms with van der Waals surface area (Å²) in [5.74, 6) is 0. The van der Waals surface area contributed by atoms with Crippen LogP contribution in [0.3, 0.4) is 0 Å². The van der Waals surface area contributed by atoms with E-state index in [4.69, 9.17) is 0 Å². The summed E-state index contributed by atoms with van der Waals surface area (Å²) in [4.78, 5) is 0. The van der Waals surface area contributed by atoms with Crippen LogP contribution < -0.4 is 0 Å². The van der Waals surface area contributed by atoms with Gasteiger partial charge in [-0.25, -0.2) is 0 Å². The number of fused-ring (bicyclic) bond motifs is 1. The van der Waals surface area contributed by atoms with E-state index in [1.165, 1.54) is 5.56 Å². The van der Waals surface area contributed by atoms with Crippen molar-refractivity contribution in [2.45, 2.75) is 26.4 Å². The van der Waals surface area contributed by atoms with Gasteiger partial charge in [-0.05, 0) is 24.0 Å². The number of hydrogen-bond acceptors (Lipinski definition) is 1. The number of benzene rings is 1. The van der Waals surface area contributed by atoms with Gasteiger partial charge in [0.05, 0.1) is 6.10 Å². The normalized spacial score (nSPS) is 20.6. The predicted molar refractivity (Wildman–Crippen MR) is 46.5 cm³/mol. The van der Waals surface area contributed by atoms with Gasteiger partial charge in [-0.15, -0.1) is 0 Å². The lowest BCUT2D eigenvalue weighted by Crippen LogP contribution is -1.88. The second-order valence-electron chi connectivity index (χ2n) is 2.75. The maximum atomic E-state index is 9.38. The minimum absolute atomic E-state index is 0. The van der Waals surface area contributed by atoms with Gasteiger partial charge in [-0.1, -0.05) is 31.7 Å². The third-order valence-corrected chi connectivity index (χ3v) is 2.10. The van der Waals surface area contributed by atoms with Crippen LogP contribution in [-0.2, 0) is 6.42 Å². The summed E-state index contributed by atoms with van der Waals surface area (Å²) in [6.45, 7) is 0. The topological polar surface area (TPSA) is 20.2 Å². The zero-order chi connectivity index (χ0) is 6.97. The van der Waals surface area contributed by atoms with Gasteiger partial charge in [-0.2, -0.15) is 0 Å². The molecule has 0 heterocycles. The van der Waals surface area contributed by atoms with Gasteiger partial charge in [0.15, 0.2) is 0 Å². The summed E-state index contributed by atoms with van der Waals surface area (Å²) < 4.78 is 0. The highest BCUT2D eigenvalue weighted by Gasteiger charge is 2.18. The van der Waals surface area contributed by atoms with Gasteiger partial charge in [0, 0.05) is 0 Å². The van der Waals surface area contributed by atoms with Crippen molar-refractivity contribution in [3.63, 3.8) is 0 Å². The van der Waals surface area contributed by atoms with Crippen LogP contribution in [0.4, 0.5) is 0 Å². The van der Waals surface area contributed by atoms with Crippen LogP contribution in [0.25, 0.3) is 0 Å². The Bertz CT molecular complexity index is 242. The lowest BCUT2D eigenvalue weighted by Gasteiger charge is -2.00. The van der Waals surface area contributed by atoms with Crippen molar-refractivity contribution >= 4 is 0 Å². The summed E-state index contributed by atoms with van der Waals surface area (Å²) in [7, 11) is 0. The zero-order valence-electron chi connectivity index (χ0n) is 5.75. The van der Waals surface area contributed by atoms with E-state index >= 15 is 0 Å². The van der Waals surface area contributed by atoms with Crippen LogP contribution in [0.2, 0.25) is 0 Å². The van der Waals surface area contributed by atoms with Crippen LogP contribution in [0.15, 0.2) is 24.3 Å². The molecular formula is C10H14O. The average molecular weight is 150 g/mol. The van der Waals surface area contributed by atoms with Gasteiger partial charge in [0.2, 0.25) is 0 Å². The first-order chi connectivity index (χ1) is 4.88. The Kier molecular flexibility index (Phi) is 2.30. The van der Waals surface area contributed by atoms with Crippen molar-refractivity contribution in [2.75, 3.05) is 0 Å². The van der Waals surface area contributed by atoms with Gasteiger partial charge in [0.1, 0.15) is 0 Å². The third kappa shape index (κ3) is 1.29. The number of aryl methyl sites for hydroxylation is 1. The summed E-state index contributed by atoms with van der Waals surface area (Å²) in [5.41, 5.74) is 2.44. The van der Waals surface area contributed by atoms with E-state index in [0.29, 0.717) is 0 Å². The van der Waals surface area contributed by atoms with Crippen molar-refractivity contribution in [3.8, 4) is 0 Å². The van der Waals surface area contributed by atoms with Crippen LogP contribution in [-0.4, -0.2) is 5.11 Å². The Morgan fingerprint density at radius 3 is 2.73 bits per heavy atom. The molecule has 0 saturated heterocycles. The molecular weight excluding hydrogens is 136 g/mol. The molecule has 1 aromatic carbocycles. The van der Waals surface area contributed by atoms with Crippen LogP contribution in [0.5, 0.6) is 0 Å². The Hall–Kier alpha value is -0.820. The summed E-state index contributed by atoms with van der Waals surface area (Å²) in [6, 6.07) is 8.10. The highest BCUT2D eigenvalue weighted by Crippen LogP contribution is 2.29. The molecule has 0 fully saturated rings. The smallest absolute Gasteiger partial charge is 0.0795 e. The SMILES string of the molecule is C.OC1CCc2ccccc21. The van der Waals surface area contributed by atoms with E-state index < -0.39 is 0 Å². The molecule has 1 N–H and O–H groups in total. The maximum Gasteiger partial charge on any atom is 0.0795 e. The van der Waals surface area contributed by atoms with Crippen molar-refractivity contribution < 1.29 is 5.11 Å². The molecule has 2 rings (SSSR count). The fraction of sp³-hybridized carbons (Fsp3) is 0.400. The van der Waals surface area contributed by atoms with E-state index in [2.05, 4.69) is 6.07 Å². The first-order valence-corrected chi connectivity index (χ1v) is 3.64. The molecule has 1 aliphatic rings. The highest BCUT2D eigenvalue weighted by atomic mass is 16.3. The molecule has 1 nitrogen and oxygen atoms in total. The number of aliphatic hydroxyl groups excluding tert-OH is 1. The van der Waals surface area contributed by atoms with Crippen molar-refractivity contribution in [1.82, 2.24) is 0 Å². The molecule has 0 radical (unpaired) electrons. The minimum Gasteiger partial charge on any atom is -0.388 e. The van der Waals surface area contributed by atoms with E-state index in [-0.39, 0.29) is 13.5 Å². The molecule has 1 atom stereocenters. The Morgan fingerprint density at radius 1 is 1.27 bits per heavy atom. The molecule has 0 saturated carbocycles. The van der Waals surface area contributed by atoms with Gasteiger partial charge in [0.25, 0.3) is 0 Å². The molecule has 1 aromatic rings. The number of rotatable bonds is 0. The minimum atomic E-state index is -0.198. The molecule has 1 unspecified atom stereocenters. The molecule has 60 valence electrons. The average Bonchev–Trinajstić information content (AvgIpc) is 2.34. The fourth-order valence-corrected chi connectivity index (χ4v) is 1.53. The summed E-state index contributed by atoms with van der Waals surface area (Å²) in [6.07, 6.45) is 1.74. The molecule has 1 heteroatoms. The zero-order valence-corrected chi connectivity index (χ0v) is 5.75. The second-order valence-corrected chi connectivity index (χ2v) is 2.75. The molecule has 0 aliphatic heterocycles. The van der Waals surface area contributed by atoms with E-state index in [9.17, 15) is 5.11 Å². The lowest BCUT2D eigenvalue weighted by atomic mass is 10.1. The van der Waals surface area contributed by atoms with Crippen molar-refractivity contribution in [1.29, 1.82) is 0 Å². The van der Waals surface area contributed by atoms with Crippen molar-refractivity contribution in [3.05, 3.63) is 35.4 Å². The largest absolute Gasteiger partial charge is 0.388 e. The number of aliphatic hydroxyl groups is 1. The molecule has 0 bridgehead atoms. The van der Waals surface area contributed by atoms with Crippen molar-refractivity contribution in [2.24, 2.45) is 0 Å². The van der Waals surface area contributed by atoms with E-state index in [1.807, 2.05) is 18.2 Å². The lowest BCUT2D eigenvalue weighted by molar-refractivity contribution is 0.180. The first-order valence-electron chi connectivity index (χ1n) is 3.64. The molecule has 1 aliphatic carbocycles. The van der Waals surface area contributed by atoms with Gasteiger partial charge in [-0.3, -0.25) is 0 Å². The monoisotopic (exact) mass is 150 g/mol. The summed E-state index contributed by atoms with van der Waals surface area (Å²) >= 11 is 0. The van der Waals surface area contributed by atoms with Gasteiger partial charge >= 0.3 is 0 Å². The Labute approximate surface area is 67.7 Å². The molecule has 0 amide bonds. The first kappa shape index (κ1) is 8.28. The van der Waals surface area contributed by atoms with Crippen LogP contribution >= 0.6 is 0 Å². The molecule has 11 heavy (non-hydrogen) atoms. The standard InChI is InChI=1S/C9H10O.CH4/c10-9-6-5-7-3-1-2-4-8(7)9;/h1-4,9-10H,5-6H2;1H4. The quantitative estimate of drug-likeness (QED) is 0.601. The van der Waals surface area contributed by atoms with E-state index in [1.54, 1.807) is 0 Å². The number of hydrogen-bond donors (Lipinski definition) is 1. The van der Waals surface area contributed by atoms with E-state index in [0.717, 1.165) is 18.4 Å². The Morgan fingerprint density at radius 2 is 2.00 bits per heavy atom.